The summed E-state index contributed by atoms with van der Waals surface area (Å²) < 4.78 is 38.3. The number of carbonyl (C=O) groups is 1. The molecule has 0 saturated heterocycles. The monoisotopic (exact) mass is 280 g/mol. The van der Waals surface area contributed by atoms with Gasteiger partial charge >= 0.3 is 12.1 Å². The first-order valence-electron chi connectivity index (χ1n) is 5.81. The predicted molar refractivity (Wildman–Crippen MR) is 68.6 cm³/mol. The van der Waals surface area contributed by atoms with Crippen LogP contribution in [0.2, 0.25) is 0 Å². The standard InChI is InChI=1S/C15H11F3O2/c1-9-4-2-3-5-11(9)13-8-10(15(16,17)18)6-7-12(13)14(19)20/h2-8H,1H3,(H,19,20). The number of alkyl halides is 3. The molecule has 0 bridgehead atoms. The fraction of sp³-hybridized carbons (Fsp3) is 0.133. The molecular formula is C15H11F3O2. The highest BCUT2D eigenvalue weighted by molar-refractivity contribution is 5.96. The molecule has 0 heterocycles. The third-order valence-corrected chi connectivity index (χ3v) is 3.01. The Balaban J connectivity index is 2.71. The summed E-state index contributed by atoms with van der Waals surface area (Å²) in [6.07, 6.45) is -4.51. The van der Waals surface area contributed by atoms with Gasteiger partial charge in [-0.25, -0.2) is 4.79 Å². The molecule has 0 spiro atoms. The molecule has 0 radical (unpaired) electrons. The molecule has 2 aromatic carbocycles. The van der Waals surface area contributed by atoms with Crippen molar-refractivity contribution in [2.45, 2.75) is 13.1 Å². The van der Waals surface area contributed by atoms with Gasteiger partial charge < -0.3 is 5.11 Å². The van der Waals surface area contributed by atoms with Gasteiger partial charge in [0.25, 0.3) is 0 Å². The number of aromatic carboxylic acids is 1. The van der Waals surface area contributed by atoms with Crippen molar-refractivity contribution in [3.63, 3.8) is 0 Å². The number of hydrogen-bond acceptors (Lipinski definition) is 1. The van der Waals surface area contributed by atoms with E-state index in [1.54, 1.807) is 31.2 Å². The molecule has 0 amide bonds. The van der Waals surface area contributed by atoms with Crippen LogP contribution in [-0.4, -0.2) is 11.1 Å². The highest BCUT2D eigenvalue weighted by Crippen LogP contribution is 2.35. The van der Waals surface area contributed by atoms with E-state index in [1.807, 2.05) is 0 Å². The van der Waals surface area contributed by atoms with Crippen LogP contribution in [-0.2, 0) is 6.18 Å². The van der Waals surface area contributed by atoms with Gasteiger partial charge in [-0.1, -0.05) is 24.3 Å². The lowest BCUT2D eigenvalue weighted by Gasteiger charge is -2.13. The van der Waals surface area contributed by atoms with E-state index in [9.17, 15) is 18.0 Å². The lowest BCUT2D eigenvalue weighted by molar-refractivity contribution is -0.137. The van der Waals surface area contributed by atoms with Gasteiger partial charge in [-0.15, -0.1) is 0 Å². The largest absolute Gasteiger partial charge is 0.478 e. The summed E-state index contributed by atoms with van der Waals surface area (Å²) in [6, 6.07) is 9.39. The highest BCUT2D eigenvalue weighted by Gasteiger charge is 2.31. The first kappa shape index (κ1) is 14.1. The molecule has 0 aliphatic carbocycles. The van der Waals surface area contributed by atoms with Gasteiger partial charge in [0.05, 0.1) is 11.1 Å². The van der Waals surface area contributed by atoms with Crippen molar-refractivity contribution < 1.29 is 23.1 Å². The zero-order chi connectivity index (χ0) is 14.9. The van der Waals surface area contributed by atoms with Crippen LogP contribution in [0.25, 0.3) is 11.1 Å². The minimum Gasteiger partial charge on any atom is -0.478 e. The zero-order valence-electron chi connectivity index (χ0n) is 10.5. The van der Waals surface area contributed by atoms with Crippen LogP contribution < -0.4 is 0 Å². The summed E-state index contributed by atoms with van der Waals surface area (Å²) >= 11 is 0. The molecule has 0 aliphatic heterocycles. The first-order chi connectivity index (χ1) is 9.30. The van der Waals surface area contributed by atoms with Crippen LogP contribution in [0.15, 0.2) is 42.5 Å². The minimum atomic E-state index is -4.51. The zero-order valence-corrected chi connectivity index (χ0v) is 10.5. The Labute approximate surface area is 113 Å². The number of aryl methyl sites for hydroxylation is 1. The third-order valence-electron chi connectivity index (χ3n) is 3.01. The lowest BCUT2D eigenvalue weighted by Crippen LogP contribution is -2.08. The van der Waals surface area contributed by atoms with E-state index in [-0.39, 0.29) is 11.1 Å². The van der Waals surface area contributed by atoms with Crippen molar-refractivity contribution in [2.75, 3.05) is 0 Å². The van der Waals surface area contributed by atoms with E-state index < -0.39 is 17.7 Å². The quantitative estimate of drug-likeness (QED) is 0.886. The minimum absolute atomic E-state index is 0.0745. The number of hydrogen-bond donors (Lipinski definition) is 1. The van der Waals surface area contributed by atoms with Crippen molar-refractivity contribution >= 4 is 5.97 Å². The summed E-state index contributed by atoms with van der Waals surface area (Å²) in [4.78, 5) is 11.2. The molecule has 0 atom stereocenters. The van der Waals surface area contributed by atoms with Crippen LogP contribution in [0, 0.1) is 6.92 Å². The second kappa shape index (κ2) is 5.00. The number of halogens is 3. The van der Waals surface area contributed by atoms with Crippen LogP contribution in [0.3, 0.4) is 0 Å². The highest BCUT2D eigenvalue weighted by atomic mass is 19.4. The van der Waals surface area contributed by atoms with E-state index in [0.717, 1.165) is 18.2 Å². The Morgan fingerprint density at radius 2 is 1.70 bits per heavy atom. The van der Waals surface area contributed by atoms with E-state index in [1.165, 1.54) is 0 Å². The van der Waals surface area contributed by atoms with E-state index in [4.69, 9.17) is 5.11 Å². The molecule has 0 fully saturated rings. The van der Waals surface area contributed by atoms with Gasteiger partial charge in [-0.2, -0.15) is 13.2 Å². The lowest BCUT2D eigenvalue weighted by atomic mass is 9.94. The van der Waals surface area contributed by atoms with Gasteiger partial charge in [0.2, 0.25) is 0 Å². The molecule has 5 heteroatoms. The van der Waals surface area contributed by atoms with Gasteiger partial charge in [0.1, 0.15) is 0 Å². The Hall–Kier alpha value is -2.30. The van der Waals surface area contributed by atoms with E-state index in [0.29, 0.717) is 11.1 Å². The molecule has 2 aromatic rings. The van der Waals surface area contributed by atoms with E-state index in [2.05, 4.69) is 0 Å². The molecule has 20 heavy (non-hydrogen) atoms. The van der Waals surface area contributed by atoms with Gasteiger partial charge in [0.15, 0.2) is 0 Å². The molecule has 104 valence electrons. The maximum atomic E-state index is 12.8. The normalized spacial score (nSPS) is 11.4. The van der Waals surface area contributed by atoms with Crippen molar-refractivity contribution in [3.8, 4) is 11.1 Å². The fourth-order valence-corrected chi connectivity index (χ4v) is 2.01. The Kier molecular flexibility index (Phi) is 3.53. The summed E-state index contributed by atoms with van der Waals surface area (Å²) in [6.45, 7) is 1.72. The van der Waals surface area contributed by atoms with Crippen molar-refractivity contribution in [1.29, 1.82) is 0 Å². The molecule has 0 unspecified atom stereocenters. The van der Waals surface area contributed by atoms with E-state index >= 15 is 0 Å². The Bertz CT molecular complexity index is 660. The number of rotatable bonds is 2. The van der Waals surface area contributed by atoms with Gasteiger partial charge in [-0.3, -0.25) is 0 Å². The summed E-state index contributed by atoms with van der Waals surface area (Å²) in [7, 11) is 0. The Morgan fingerprint density at radius 1 is 1.05 bits per heavy atom. The van der Waals surface area contributed by atoms with Gasteiger partial charge in [-0.05, 0) is 41.8 Å². The summed E-state index contributed by atoms with van der Waals surface area (Å²) in [5.74, 6) is -1.25. The van der Waals surface area contributed by atoms with Crippen LogP contribution in [0.4, 0.5) is 13.2 Å². The molecule has 2 nitrogen and oxygen atoms in total. The molecule has 2 rings (SSSR count). The number of carboxylic acids is 1. The topological polar surface area (TPSA) is 37.3 Å². The Morgan fingerprint density at radius 3 is 2.25 bits per heavy atom. The van der Waals surface area contributed by atoms with Crippen molar-refractivity contribution in [2.24, 2.45) is 0 Å². The smallest absolute Gasteiger partial charge is 0.416 e. The van der Waals surface area contributed by atoms with Crippen LogP contribution in [0.5, 0.6) is 0 Å². The molecule has 0 saturated carbocycles. The first-order valence-corrected chi connectivity index (χ1v) is 5.81. The molecule has 0 aliphatic rings. The molecular weight excluding hydrogens is 269 g/mol. The molecule has 1 N–H and O–H groups in total. The van der Waals surface area contributed by atoms with Crippen LogP contribution in [0.1, 0.15) is 21.5 Å². The summed E-state index contributed by atoms with van der Waals surface area (Å²) in [5, 5.41) is 9.13. The fourth-order valence-electron chi connectivity index (χ4n) is 2.01. The SMILES string of the molecule is Cc1ccccc1-c1cc(C(F)(F)F)ccc1C(=O)O. The van der Waals surface area contributed by atoms with Gasteiger partial charge in [0, 0.05) is 0 Å². The average molecular weight is 280 g/mol. The third kappa shape index (κ3) is 2.66. The number of carboxylic acid groups (broad SMARTS) is 1. The number of benzene rings is 2. The second-order valence-corrected chi connectivity index (χ2v) is 4.38. The second-order valence-electron chi connectivity index (χ2n) is 4.38. The maximum Gasteiger partial charge on any atom is 0.416 e. The molecule has 0 aromatic heterocycles. The summed E-state index contributed by atoms with van der Waals surface area (Å²) in [5.41, 5.74) is 0.267. The maximum absolute atomic E-state index is 12.8. The van der Waals surface area contributed by atoms with Crippen molar-refractivity contribution in [3.05, 3.63) is 59.2 Å². The average Bonchev–Trinajstić information content (AvgIpc) is 2.37. The van der Waals surface area contributed by atoms with Crippen molar-refractivity contribution in [1.82, 2.24) is 0 Å². The van der Waals surface area contributed by atoms with Crippen LogP contribution >= 0.6 is 0 Å². The predicted octanol–water partition coefficient (Wildman–Crippen LogP) is 4.38.